The van der Waals surface area contributed by atoms with Crippen molar-refractivity contribution in [3.05, 3.63) is 65.2 Å². The summed E-state index contributed by atoms with van der Waals surface area (Å²) in [5, 5.41) is 8.94. The van der Waals surface area contributed by atoms with Crippen molar-refractivity contribution in [1.82, 2.24) is 0 Å². The molecule has 0 heterocycles. The molecule has 0 aliphatic heterocycles. The maximum Gasteiger partial charge on any atom is 0.339 e. The summed E-state index contributed by atoms with van der Waals surface area (Å²) >= 11 is 0. The molecule has 0 atom stereocenters. The molecule has 0 saturated heterocycles. The second-order valence-corrected chi connectivity index (χ2v) is 3.86. The number of carbonyl (C=O) groups is 1. The van der Waals surface area contributed by atoms with Crippen molar-refractivity contribution in [2.75, 3.05) is 0 Å². The summed E-state index contributed by atoms with van der Waals surface area (Å²) in [6.45, 7) is -0.0402. The molecule has 2 aromatic rings. The maximum absolute atomic E-state index is 13.1. The van der Waals surface area contributed by atoms with Gasteiger partial charge in [0.15, 0.2) is 0 Å². The molecular formula is C14H10F2O3. The minimum Gasteiger partial charge on any atom is -0.488 e. The Hall–Kier alpha value is -2.43. The summed E-state index contributed by atoms with van der Waals surface area (Å²) in [4.78, 5) is 10.9. The molecule has 0 saturated carbocycles. The topological polar surface area (TPSA) is 46.5 Å². The predicted molar refractivity (Wildman–Crippen MR) is 64.1 cm³/mol. The highest BCUT2D eigenvalue weighted by molar-refractivity contribution is 5.90. The first-order valence-electron chi connectivity index (χ1n) is 5.46. The average molecular weight is 264 g/mol. The number of carboxylic acid groups (broad SMARTS) is 1. The standard InChI is InChI=1S/C14H10F2O3/c15-10-3-1-2-9(6-10)8-19-13-7-11(16)4-5-12(13)14(17)18/h1-7H,8H2,(H,17,18). The molecule has 98 valence electrons. The lowest BCUT2D eigenvalue weighted by molar-refractivity contribution is 0.0691. The van der Waals surface area contributed by atoms with Crippen LogP contribution >= 0.6 is 0 Å². The van der Waals surface area contributed by atoms with E-state index in [-0.39, 0.29) is 17.9 Å². The van der Waals surface area contributed by atoms with Crippen molar-refractivity contribution in [3.8, 4) is 5.75 Å². The Kier molecular flexibility index (Phi) is 3.75. The smallest absolute Gasteiger partial charge is 0.339 e. The molecule has 19 heavy (non-hydrogen) atoms. The first-order chi connectivity index (χ1) is 9.06. The van der Waals surface area contributed by atoms with Crippen LogP contribution in [0.3, 0.4) is 0 Å². The first-order valence-corrected chi connectivity index (χ1v) is 5.46. The number of benzene rings is 2. The van der Waals surface area contributed by atoms with Gasteiger partial charge >= 0.3 is 5.97 Å². The lowest BCUT2D eigenvalue weighted by Crippen LogP contribution is -2.04. The average Bonchev–Trinajstić information content (AvgIpc) is 2.36. The molecule has 0 aromatic heterocycles. The largest absolute Gasteiger partial charge is 0.488 e. The second-order valence-electron chi connectivity index (χ2n) is 3.86. The van der Waals surface area contributed by atoms with Crippen molar-refractivity contribution >= 4 is 5.97 Å². The number of hydrogen-bond acceptors (Lipinski definition) is 2. The summed E-state index contributed by atoms with van der Waals surface area (Å²) in [6, 6.07) is 8.84. The highest BCUT2D eigenvalue weighted by Gasteiger charge is 2.12. The molecule has 0 fully saturated rings. The van der Waals surface area contributed by atoms with Crippen LogP contribution in [0.25, 0.3) is 0 Å². The van der Waals surface area contributed by atoms with Gasteiger partial charge in [0.25, 0.3) is 0 Å². The van der Waals surface area contributed by atoms with Crippen LogP contribution in [0.2, 0.25) is 0 Å². The lowest BCUT2D eigenvalue weighted by Gasteiger charge is -2.09. The molecule has 0 unspecified atom stereocenters. The molecule has 0 amide bonds. The normalized spacial score (nSPS) is 10.2. The monoisotopic (exact) mass is 264 g/mol. The summed E-state index contributed by atoms with van der Waals surface area (Å²) in [5.41, 5.74) is 0.387. The zero-order valence-electron chi connectivity index (χ0n) is 9.77. The molecule has 0 aliphatic carbocycles. The number of aromatic carboxylic acids is 1. The zero-order chi connectivity index (χ0) is 13.8. The van der Waals surface area contributed by atoms with Crippen LogP contribution in [0, 0.1) is 11.6 Å². The SMILES string of the molecule is O=C(O)c1ccc(F)cc1OCc1cccc(F)c1. The number of halogens is 2. The molecule has 0 radical (unpaired) electrons. The van der Waals surface area contributed by atoms with Gasteiger partial charge in [-0.15, -0.1) is 0 Å². The van der Waals surface area contributed by atoms with Gasteiger partial charge in [0.05, 0.1) is 0 Å². The molecule has 2 aromatic carbocycles. The number of carboxylic acids is 1. The summed E-state index contributed by atoms with van der Waals surface area (Å²) < 4.78 is 31.3. The van der Waals surface area contributed by atoms with Crippen molar-refractivity contribution in [3.63, 3.8) is 0 Å². The van der Waals surface area contributed by atoms with Crippen molar-refractivity contribution in [2.45, 2.75) is 6.61 Å². The van der Waals surface area contributed by atoms with E-state index in [1.54, 1.807) is 6.07 Å². The third-order valence-electron chi connectivity index (χ3n) is 2.46. The van der Waals surface area contributed by atoms with E-state index in [0.717, 1.165) is 18.2 Å². The van der Waals surface area contributed by atoms with Crippen LogP contribution in [0.1, 0.15) is 15.9 Å². The van der Waals surface area contributed by atoms with Gasteiger partial charge in [-0.2, -0.15) is 0 Å². The first kappa shape index (κ1) is 13.0. The van der Waals surface area contributed by atoms with E-state index in [1.807, 2.05) is 0 Å². The predicted octanol–water partition coefficient (Wildman–Crippen LogP) is 3.24. The van der Waals surface area contributed by atoms with Gasteiger partial charge in [-0.1, -0.05) is 12.1 Å². The Morgan fingerprint density at radius 1 is 1.11 bits per heavy atom. The molecule has 1 N–H and O–H groups in total. The molecule has 0 spiro atoms. The molecule has 0 bridgehead atoms. The van der Waals surface area contributed by atoms with Crippen LogP contribution in [0.15, 0.2) is 42.5 Å². The summed E-state index contributed by atoms with van der Waals surface area (Å²) in [5.74, 6) is -2.32. The molecule has 5 heteroatoms. The fourth-order valence-electron chi connectivity index (χ4n) is 1.58. The highest BCUT2D eigenvalue weighted by atomic mass is 19.1. The van der Waals surface area contributed by atoms with Gasteiger partial charge in [0, 0.05) is 6.07 Å². The van der Waals surface area contributed by atoms with Gasteiger partial charge in [-0.3, -0.25) is 0 Å². The molecule has 3 nitrogen and oxygen atoms in total. The van der Waals surface area contributed by atoms with Gasteiger partial charge in [-0.05, 0) is 29.8 Å². The molecular weight excluding hydrogens is 254 g/mol. The Balaban J connectivity index is 2.19. The van der Waals surface area contributed by atoms with Crippen LogP contribution in [-0.4, -0.2) is 11.1 Å². The van der Waals surface area contributed by atoms with E-state index in [4.69, 9.17) is 9.84 Å². The fraction of sp³-hybridized carbons (Fsp3) is 0.0714. The van der Waals surface area contributed by atoms with E-state index in [1.165, 1.54) is 18.2 Å². The summed E-state index contributed by atoms with van der Waals surface area (Å²) in [6.07, 6.45) is 0. The Morgan fingerprint density at radius 2 is 1.84 bits per heavy atom. The number of hydrogen-bond donors (Lipinski definition) is 1. The highest BCUT2D eigenvalue weighted by Crippen LogP contribution is 2.21. The Morgan fingerprint density at radius 3 is 2.53 bits per heavy atom. The van der Waals surface area contributed by atoms with E-state index in [9.17, 15) is 13.6 Å². The van der Waals surface area contributed by atoms with Crippen molar-refractivity contribution in [2.24, 2.45) is 0 Å². The Bertz CT molecular complexity index is 611. The number of rotatable bonds is 4. The second kappa shape index (κ2) is 5.48. The molecule has 0 aliphatic rings. The van der Waals surface area contributed by atoms with Gasteiger partial charge in [-0.25, -0.2) is 13.6 Å². The lowest BCUT2D eigenvalue weighted by atomic mass is 10.2. The van der Waals surface area contributed by atoms with E-state index in [2.05, 4.69) is 0 Å². The van der Waals surface area contributed by atoms with Crippen LogP contribution in [0.5, 0.6) is 5.75 Å². The van der Waals surface area contributed by atoms with E-state index >= 15 is 0 Å². The van der Waals surface area contributed by atoms with Gasteiger partial charge in [0.1, 0.15) is 29.6 Å². The quantitative estimate of drug-likeness (QED) is 0.922. The maximum atomic E-state index is 13.1. The minimum absolute atomic E-state index is 0.0402. The van der Waals surface area contributed by atoms with Crippen LogP contribution in [0.4, 0.5) is 8.78 Å². The zero-order valence-corrected chi connectivity index (χ0v) is 9.77. The van der Waals surface area contributed by atoms with Crippen molar-refractivity contribution in [1.29, 1.82) is 0 Å². The van der Waals surface area contributed by atoms with Crippen LogP contribution in [-0.2, 0) is 6.61 Å². The number of ether oxygens (including phenoxy) is 1. The van der Waals surface area contributed by atoms with Gasteiger partial charge in [0.2, 0.25) is 0 Å². The van der Waals surface area contributed by atoms with E-state index < -0.39 is 17.6 Å². The summed E-state index contributed by atoms with van der Waals surface area (Å²) in [7, 11) is 0. The Labute approximate surface area is 108 Å². The minimum atomic E-state index is -1.21. The molecule has 2 rings (SSSR count). The third kappa shape index (κ3) is 3.28. The van der Waals surface area contributed by atoms with Crippen LogP contribution < -0.4 is 4.74 Å². The fourth-order valence-corrected chi connectivity index (χ4v) is 1.58. The van der Waals surface area contributed by atoms with E-state index in [0.29, 0.717) is 5.56 Å². The third-order valence-corrected chi connectivity index (χ3v) is 2.46. The van der Waals surface area contributed by atoms with Crippen molar-refractivity contribution < 1.29 is 23.4 Å². The van der Waals surface area contributed by atoms with Gasteiger partial charge < -0.3 is 9.84 Å².